The van der Waals surface area contributed by atoms with Crippen molar-refractivity contribution in [2.24, 2.45) is 17.6 Å². The molecular formula is C55H78N12O17S2. The Bertz CT molecular complexity index is 2910. The molecule has 6 heterocycles. The molecule has 2 aromatic rings. The molecule has 2 unspecified atom stereocenters. The topological polar surface area (TPSA) is 437 Å². The summed E-state index contributed by atoms with van der Waals surface area (Å²) in [5.74, 6) is -10.9. The van der Waals surface area contributed by atoms with E-state index in [1.54, 1.807) is 30.9 Å². The van der Waals surface area contributed by atoms with E-state index in [2.05, 4.69) is 42.2 Å². The number of rotatable bonds is 17. The lowest BCUT2D eigenvalue weighted by Gasteiger charge is -2.33. The number of likely N-dealkylation sites (tertiary alicyclic amines) is 1. The van der Waals surface area contributed by atoms with Crippen LogP contribution in [0, 0.1) is 11.8 Å². The van der Waals surface area contributed by atoms with Gasteiger partial charge in [-0.25, -0.2) is 0 Å². The zero-order valence-corrected chi connectivity index (χ0v) is 49.9. The van der Waals surface area contributed by atoms with Crippen molar-refractivity contribution in [2.75, 3.05) is 58.7 Å². The maximum atomic E-state index is 15.4. The molecule has 0 aliphatic carbocycles. The van der Waals surface area contributed by atoms with Gasteiger partial charge in [-0.05, 0) is 37.3 Å². The van der Waals surface area contributed by atoms with Gasteiger partial charge in [0.2, 0.25) is 58.2 Å². The maximum Gasteiger partial charge on any atom is 0.253 e. The van der Waals surface area contributed by atoms with Gasteiger partial charge in [-0.2, -0.15) is 11.8 Å². The average Bonchev–Trinajstić information content (AvgIpc) is 1.78. The Hall–Kier alpha value is -6.87. The standard InChI is InChI=1S/C55H78N12O17S2/c1-5-27(2)46-52(80)58-20-41(72)59-36-26-86(83)54-32(31-10-11-39(84-4)33(48(31)64-54)25-85-30-14-16-65(23-30)43(74)9-7-6-8-15-66-44(75)12-13-45(66)76)18-34(49(77)57-21-42(73)62-46)60-53(81)47(28(3)38(70)24-68)63-51(79)37-17-29(69)22-67(37)55(82)35(19-40(56)71)61-50(36)78/h10-13,27-30,34-38,41,46-47,59,64,68-70,72H,5-9,14-26H2,1-4H3,(H2,56,71)(H,57,77)(H,58,80)(H,60,81)(H,61,78)(H,62,73)(H,63,79)/t27-,28-,29+,30-,34-,35-,36-,37-,38-,41?,46-,47-,86?/m0/s1. The van der Waals surface area contributed by atoms with Gasteiger partial charge in [-0.15, -0.1) is 0 Å². The largest absolute Gasteiger partial charge is 0.610 e. The number of nitrogens with zero attached hydrogens (tertiary/aromatic N) is 3. The molecule has 11 amide bonds. The second-order valence-electron chi connectivity index (χ2n) is 22.3. The number of nitrogens with two attached hydrogens (primary N) is 1. The van der Waals surface area contributed by atoms with E-state index in [9.17, 15) is 73.2 Å². The molecule has 7 rings (SSSR count). The predicted octanol–water partition coefficient (Wildman–Crippen LogP) is -4.51. The molecule has 5 aliphatic heterocycles. The van der Waals surface area contributed by atoms with Crippen LogP contribution in [0.1, 0.15) is 83.3 Å². The Morgan fingerprint density at radius 1 is 0.884 bits per heavy atom. The minimum Gasteiger partial charge on any atom is -0.610 e. The van der Waals surface area contributed by atoms with Crippen LogP contribution in [0.15, 0.2) is 29.3 Å². The van der Waals surface area contributed by atoms with E-state index in [4.69, 9.17) is 10.5 Å². The van der Waals surface area contributed by atoms with Crippen molar-refractivity contribution in [1.82, 2.24) is 56.9 Å². The molecule has 13 atom stereocenters. The van der Waals surface area contributed by atoms with Crippen LogP contribution in [0.2, 0.25) is 0 Å². The number of carbonyl (C=O) groups is 11. The SMILES string of the molecule is CC[C@H](C)[C@@H]1NC(=O)CNC(=O)[C@@H]2Cc3c([nH]c4c(CS[C@H]5CCN(C(=O)CCCCCN6C(=O)C=CC6=O)C5)c(OC)ccc34)[S+]([O-])C[C@H](NC(O)CNC1=O)C(=O)N[C@@H](CC(N)=O)C(=O)N1C[C@H](O)C[C@H]1C(=O)N[C@@H]([C@@H](C)[C@@H](O)CO)C(=O)N2. The number of aliphatic hydroxyl groups excluding tert-OH is 4. The number of aromatic nitrogens is 1. The molecule has 472 valence electrons. The number of primary amides is 1. The summed E-state index contributed by atoms with van der Waals surface area (Å²) in [6.45, 7) is 3.10. The zero-order chi connectivity index (χ0) is 62.7. The molecule has 31 heteroatoms. The monoisotopic (exact) mass is 1240 g/mol. The highest BCUT2D eigenvalue weighted by Gasteiger charge is 2.46. The normalized spacial score (nSPS) is 27.8. The molecule has 0 spiro atoms. The van der Waals surface area contributed by atoms with Crippen LogP contribution >= 0.6 is 11.8 Å². The number of ether oxygens (including phenoxy) is 1. The number of fused-ring (bicyclic) bond motifs is 5. The average molecular weight is 1240 g/mol. The van der Waals surface area contributed by atoms with E-state index < -0.39 is 176 Å². The molecule has 5 aliphatic rings. The van der Waals surface area contributed by atoms with Crippen molar-refractivity contribution in [1.29, 1.82) is 0 Å². The molecule has 2 bridgehead atoms. The highest BCUT2D eigenvalue weighted by Crippen LogP contribution is 2.38. The quantitative estimate of drug-likeness (QED) is 0.0403. The molecule has 1 aromatic carbocycles. The van der Waals surface area contributed by atoms with Gasteiger partial charge in [-0.1, -0.05) is 33.6 Å². The molecule has 1 aromatic heterocycles. The second-order valence-corrected chi connectivity index (χ2v) is 25.0. The number of nitrogens with one attached hydrogen (secondary N) is 8. The van der Waals surface area contributed by atoms with E-state index in [1.165, 1.54) is 37.9 Å². The first-order valence-corrected chi connectivity index (χ1v) is 31.1. The summed E-state index contributed by atoms with van der Waals surface area (Å²) in [6, 6.07) is -6.76. The number of carbonyl (C=O) groups excluding carboxylic acids is 11. The Kier molecular flexibility index (Phi) is 23.4. The summed E-state index contributed by atoms with van der Waals surface area (Å²) in [5.41, 5.74) is 6.61. The lowest BCUT2D eigenvalue weighted by Crippen LogP contribution is -2.62. The molecule has 29 nitrogen and oxygen atoms in total. The molecule has 86 heavy (non-hydrogen) atoms. The van der Waals surface area contributed by atoms with Crippen molar-refractivity contribution < 1.29 is 82.5 Å². The van der Waals surface area contributed by atoms with Crippen molar-refractivity contribution in [3.63, 3.8) is 0 Å². The minimum absolute atomic E-state index is 0.0485. The van der Waals surface area contributed by atoms with Gasteiger partial charge in [0.1, 0.15) is 54.0 Å². The van der Waals surface area contributed by atoms with Crippen molar-refractivity contribution in [3.8, 4) is 5.75 Å². The number of hydrogen-bond donors (Lipinski definition) is 13. The predicted molar refractivity (Wildman–Crippen MR) is 309 cm³/mol. The summed E-state index contributed by atoms with van der Waals surface area (Å²) in [5, 5.41) is 61.5. The van der Waals surface area contributed by atoms with E-state index in [0.717, 1.165) is 9.80 Å². The molecule has 2 saturated heterocycles. The van der Waals surface area contributed by atoms with Gasteiger partial charge in [0, 0.05) is 102 Å². The van der Waals surface area contributed by atoms with Gasteiger partial charge in [0.15, 0.2) is 0 Å². The third-order valence-corrected chi connectivity index (χ3v) is 19.0. The fourth-order valence-electron chi connectivity index (χ4n) is 11.1. The first-order valence-electron chi connectivity index (χ1n) is 28.7. The highest BCUT2D eigenvalue weighted by atomic mass is 32.2. The molecule has 0 radical (unpaired) electrons. The van der Waals surface area contributed by atoms with Gasteiger partial charge < -0.3 is 82.1 Å². The zero-order valence-electron chi connectivity index (χ0n) is 48.3. The molecule has 14 N–H and O–H groups in total. The number of benzene rings is 1. The summed E-state index contributed by atoms with van der Waals surface area (Å²) < 4.78 is 21.3. The Morgan fingerprint density at radius 2 is 1.62 bits per heavy atom. The number of hydrogen-bond acceptors (Lipinski definition) is 19. The first-order chi connectivity index (χ1) is 40.9. The molecule has 2 fully saturated rings. The number of aromatic amines is 1. The van der Waals surface area contributed by atoms with Crippen LogP contribution in [0.5, 0.6) is 5.75 Å². The van der Waals surface area contributed by atoms with E-state index >= 15 is 4.55 Å². The maximum absolute atomic E-state index is 15.4. The second kappa shape index (κ2) is 30.2. The molecule has 0 saturated carbocycles. The van der Waals surface area contributed by atoms with Gasteiger partial charge in [-0.3, -0.25) is 63.0 Å². The van der Waals surface area contributed by atoms with Crippen LogP contribution in [-0.2, 0) is 76.1 Å². The number of β-amino-alcohol motifs (C(OH)–C–C–N with tert-alkyl or cyclic N) is 1. The Balaban J connectivity index is 1.30. The first kappa shape index (κ1) is 66.7. The van der Waals surface area contributed by atoms with Crippen LogP contribution in [0.3, 0.4) is 0 Å². The number of imide groups is 1. The minimum atomic E-state index is -2.42. The van der Waals surface area contributed by atoms with E-state index in [1.807, 2.05) is 0 Å². The summed E-state index contributed by atoms with van der Waals surface area (Å²) >= 11 is -0.912. The van der Waals surface area contributed by atoms with Crippen molar-refractivity contribution in [3.05, 3.63) is 35.4 Å². The van der Waals surface area contributed by atoms with Gasteiger partial charge in [0.25, 0.3) is 11.8 Å². The van der Waals surface area contributed by atoms with Crippen LogP contribution in [-0.4, -0.2) is 228 Å². The van der Waals surface area contributed by atoms with E-state index in [-0.39, 0.29) is 52.3 Å². The Morgan fingerprint density at radius 3 is 2.30 bits per heavy atom. The smallest absolute Gasteiger partial charge is 0.253 e. The number of thioether (sulfide) groups is 1. The van der Waals surface area contributed by atoms with Gasteiger partial charge >= 0.3 is 0 Å². The number of H-pyrrole nitrogens is 1. The summed E-state index contributed by atoms with van der Waals surface area (Å²) in [4.78, 5) is 158. The fraction of sp³-hybridized carbons (Fsp3) is 0.618. The fourth-order valence-corrected chi connectivity index (χ4v) is 13.7. The number of methoxy groups -OCH3 is 1. The highest BCUT2D eigenvalue weighted by molar-refractivity contribution is 7.99. The lowest BCUT2D eigenvalue weighted by atomic mass is 9.93. The molecular weight excluding hydrogens is 1160 g/mol. The number of unbranched alkanes of at least 4 members (excludes halogenated alkanes) is 2. The lowest BCUT2D eigenvalue weighted by molar-refractivity contribution is -0.144. The van der Waals surface area contributed by atoms with Crippen LogP contribution in [0.25, 0.3) is 10.9 Å². The van der Waals surface area contributed by atoms with Crippen LogP contribution in [0.4, 0.5) is 0 Å². The van der Waals surface area contributed by atoms with Crippen molar-refractivity contribution in [2.45, 2.75) is 149 Å². The summed E-state index contributed by atoms with van der Waals surface area (Å²) in [6.07, 6.45) is -1.22. The number of amides is 11. The van der Waals surface area contributed by atoms with Crippen LogP contribution < -0.4 is 47.7 Å². The third kappa shape index (κ3) is 16.4. The van der Waals surface area contributed by atoms with Gasteiger partial charge in [0.05, 0.1) is 51.0 Å². The van der Waals surface area contributed by atoms with Crippen molar-refractivity contribution >= 4 is 98.8 Å². The van der Waals surface area contributed by atoms with E-state index in [0.29, 0.717) is 67.4 Å². The third-order valence-electron chi connectivity index (χ3n) is 16.2. The Labute approximate surface area is 503 Å². The number of aliphatic hydroxyl groups is 4. The summed E-state index contributed by atoms with van der Waals surface area (Å²) in [7, 11) is 1.44.